The molecule has 0 spiro atoms. The van der Waals surface area contributed by atoms with E-state index in [0.717, 1.165) is 5.56 Å². The van der Waals surface area contributed by atoms with Crippen molar-refractivity contribution in [2.24, 2.45) is 34.7 Å². The van der Waals surface area contributed by atoms with Gasteiger partial charge in [0.05, 0.1) is 48.6 Å². The molecule has 0 N–H and O–H groups in total. The van der Waals surface area contributed by atoms with Crippen LogP contribution in [0.1, 0.15) is 106 Å². The van der Waals surface area contributed by atoms with Gasteiger partial charge in [-0.25, -0.2) is 0 Å². The number of benzene rings is 1. The van der Waals surface area contributed by atoms with Crippen molar-refractivity contribution in [3.05, 3.63) is 46.3 Å². The molecule has 332 valence electrons. The number of Topliss-reactive ketones (excluding diaryl/α,β-unsaturated/α-hetero) is 2. The number of rotatable bonds is 24. The summed E-state index contributed by atoms with van der Waals surface area (Å²) in [5.41, 5.74) is 9.52. The van der Waals surface area contributed by atoms with Crippen LogP contribution < -0.4 is 0 Å². The average molecular weight is 827 g/mol. The third-order valence-corrected chi connectivity index (χ3v) is 11.9. The zero-order valence-corrected chi connectivity index (χ0v) is 38.3. The molecule has 0 aliphatic carbocycles. The Labute approximate surface area is 353 Å². The van der Waals surface area contributed by atoms with E-state index in [0.29, 0.717) is 32.2 Å². The maximum Gasteiger partial charge on any atom is 0.310 e. The molecular formula is C45H74N6O8. The van der Waals surface area contributed by atoms with E-state index >= 15 is 0 Å². The lowest BCUT2D eigenvalue weighted by Crippen LogP contribution is -2.54. The molecule has 1 aromatic carbocycles. The normalized spacial score (nSPS) is 19.1. The summed E-state index contributed by atoms with van der Waals surface area (Å²) in [6, 6.07) is 7.37. The molecule has 2 rings (SSSR count). The minimum Gasteiger partial charge on any atom is -0.460 e. The Morgan fingerprint density at radius 2 is 1.56 bits per heavy atom. The first-order valence-electron chi connectivity index (χ1n) is 21.3. The van der Waals surface area contributed by atoms with Crippen LogP contribution in [0.4, 0.5) is 0 Å². The highest BCUT2D eigenvalue weighted by Gasteiger charge is 2.44. The second-order valence-corrected chi connectivity index (χ2v) is 18.1. The van der Waals surface area contributed by atoms with E-state index in [1.807, 2.05) is 77.0 Å². The Bertz CT molecular complexity index is 1570. The number of carbonyl (C=O) groups excluding carboxylic acids is 5. The molecular weight excluding hydrogens is 753 g/mol. The fourth-order valence-electron chi connectivity index (χ4n) is 8.77. The van der Waals surface area contributed by atoms with Crippen LogP contribution in [0.3, 0.4) is 0 Å². The molecule has 1 aromatic rings. The van der Waals surface area contributed by atoms with Gasteiger partial charge in [-0.05, 0) is 77.1 Å². The Morgan fingerprint density at radius 3 is 2.07 bits per heavy atom. The van der Waals surface area contributed by atoms with Gasteiger partial charge in [0.15, 0.2) is 5.78 Å². The Hall–Kier alpha value is -3.84. The van der Waals surface area contributed by atoms with Crippen LogP contribution >= 0.6 is 0 Å². The number of hydrogen-bond donors (Lipinski definition) is 0. The van der Waals surface area contributed by atoms with Crippen LogP contribution in [0, 0.1) is 29.6 Å². The maximum atomic E-state index is 14.4. The van der Waals surface area contributed by atoms with E-state index in [1.54, 1.807) is 58.6 Å². The maximum absolute atomic E-state index is 14.4. The quantitative estimate of drug-likeness (QED) is 0.0464. The van der Waals surface area contributed by atoms with E-state index < -0.39 is 65.7 Å². The van der Waals surface area contributed by atoms with Crippen molar-refractivity contribution in [2.75, 3.05) is 41.9 Å². The summed E-state index contributed by atoms with van der Waals surface area (Å²) in [4.78, 5) is 78.0. The summed E-state index contributed by atoms with van der Waals surface area (Å²) in [6.45, 7) is 17.2. The fourth-order valence-corrected chi connectivity index (χ4v) is 8.77. The SMILES string of the molecule is CC[C@H](C)[C@@H]([C@@H](CC(=O)N1CCC[C@H]1[C@H](OC)[C@@H](C)C(=O)C[C@@H](Cc1ccccc1)C(=O)OC(C)(C)C)OC)N(C)C(=O)[C@@H](CC(=O)[C@H](C(C)C)N(C)C)[C@H](C)N=[N+]=[N-]. The lowest BCUT2D eigenvalue weighted by molar-refractivity contribution is -0.161. The first-order chi connectivity index (χ1) is 27.6. The number of likely N-dealkylation sites (N-methyl/N-ethyl adjacent to an activating group) is 2. The van der Waals surface area contributed by atoms with Gasteiger partial charge < -0.3 is 24.0 Å². The van der Waals surface area contributed by atoms with Crippen LogP contribution in [0.5, 0.6) is 0 Å². The molecule has 59 heavy (non-hydrogen) atoms. The van der Waals surface area contributed by atoms with Crippen LogP contribution in [0.25, 0.3) is 10.4 Å². The van der Waals surface area contributed by atoms with Crippen LogP contribution in [0.2, 0.25) is 0 Å². The predicted octanol–water partition coefficient (Wildman–Crippen LogP) is 6.93. The summed E-state index contributed by atoms with van der Waals surface area (Å²) in [7, 11) is 8.39. The van der Waals surface area contributed by atoms with E-state index in [2.05, 4.69) is 10.0 Å². The largest absolute Gasteiger partial charge is 0.460 e. The third kappa shape index (κ3) is 14.7. The Morgan fingerprint density at radius 1 is 0.932 bits per heavy atom. The number of ether oxygens (including phenoxy) is 3. The van der Waals surface area contributed by atoms with E-state index in [4.69, 9.17) is 14.2 Å². The molecule has 1 aliphatic heterocycles. The van der Waals surface area contributed by atoms with Crippen LogP contribution in [0.15, 0.2) is 35.4 Å². The van der Waals surface area contributed by atoms with Gasteiger partial charge in [0.2, 0.25) is 11.8 Å². The standard InChI is InChI=1S/C45H74N6O8/c1-15-29(4)41(50(12)43(55)34(31(6)47-48-46)26-37(53)40(28(2)3)49(10)11)38(57-13)27-39(54)51-23-19-22-35(51)42(58-14)30(5)36(52)25-33(44(56)59-45(7,8)9)24-32-20-17-16-18-21-32/h16-18,20-21,28-31,33-35,38,40-42H,15,19,22-27H2,1-14H3/t29-,30-,31-,33+,34-,35-,38+,40-,41-,42+/m0/s1. The van der Waals surface area contributed by atoms with Gasteiger partial charge in [0, 0.05) is 57.5 Å². The Balaban J connectivity index is 2.36. The minimum absolute atomic E-state index is 0.000446. The lowest BCUT2D eigenvalue weighted by atomic mass is 9.85. The van der Waals surface area contributed by atoms with Crippen molar-refractivity contribution in [3.8, 4) is 0 Å². The number of ketones is 2. The lowest BCUT2D eigenvalue weighted by Gasteiger charge is -2.41. The molecule has 1 fully saturated rings. The number of carbonyl (C=O) groups is 5. The monoisotopic (exact) mass is 827 g/mol. The minimum atomic E-state index is -0.920. The molecule has 0 radical (unpaired) electrons. The number of likely N-dealkylation sites (tertiary alicyclic amines) is 1. The molecule has 10 atom stereocenters. The van der Waals surface area contributed by atoms with Crippen molar-refractivity contribution in [1.29, 1.82) is 0 Å². The molecule has 2 amide bonds. The van der Waals surface area contributed by atoms with Gasteiger partial charge in [-0.2, -0.15) is 0 Å². The highest BCUT2D eigenvalue weighted by atomic mass is 16.6. The Kier molecular flexibility index (Phi) is 20.7. The highest BCUT2D eigenvalue weighted by molar-refractivity contribution is 5.90. The first kappa shape index (κ1) is 51.3. The van der Waals surface area contributed by atoms with E-state index in [-0.39, 0.29) is 54.5 Å². The van der Waals surface area contributed by atoms with Gasteiger partial charge in [0.25, 0.3) is 0 Å². The molecule has 0 bridgehead atoms. The molecule has 14 nitrogen and oxygen atoms in total. The van der Waals surface area contributed by atoms with Crippen LogP contribution in [-0.2, 0) is 44.6 Å². The molecule has 1 heterocycles. The smallest absolute Gasteiger partial charge is 0.310 e. The van der Waals surface area contributed by atoms with Crippen molar-refractivity contribution < 1.29 is 38.2 Å². The van der Waals surface area contributed by atoms with E-state index in [9.17, 15) is 29.5 Å². The number of amides is 2. The second-order valence-electron chi connectivity index (χ2n) is 18.1. The molecule has 0 unspecified atom stereocenters. The number of esters is 1. The van der Waals surface area contributed by atoms with Crippen molar-refractivity contribution >= 4 is 29.4 Å². The van der Waals surface area contributed by atoms with E-state index in [1.165, 1.54) is 7.11 Å². The topological polar surface area (TPSA) is 172 Å². The summed E-state index contributed by atoms with van der Waals surface area (Å²) in [5, 5.41) is 3.85. The fraction of sp³-hybridized carbons (Fsp3) is 0.756. The average Bonchev–Trinajstić information content (AvgIpc) is 3.65. The zero-order valence-electron chi connectivity index (χ0n) is 38.3. The summed E-state index contributed by atoms with van der Waals surface area (Å²) >= 11 is 0. The second kappa shape index (κ2) is 23.8. The molecule has 0 aromatic heterocycles. The van der Waals surface area contributed by atoms with Gasteiger partial charge in [-0.1, -0.05) is 83.4 Å². The van der Waals surface area contributed by atoms with Gasteiger partial charge in [0.1, 0.15) is 11.4 Å². The van der Waals surface area contributed by atoms with Gasteiger partial charge in [-0.3, -0.25) is 28.9 Å². The van der Waals surface area contributed by atoms with Gasteiger partial charge in [-0.15, -0.1) is 0 Å². The number of methoxy groups -OCH3 is 2. The van der Waals surface area contributed by atoms with Gasteiger partial charge >= 0.3 is 5.97 Å². The molecule has 1 aliphatic rings. The van der Waals surface area contributed by atoms with Crippen molar-refractivity contribution in [2.45, 2.75) is 149 Å². The number of azide groups is 1. The summed E-state index contributed by atoms with van der Waals surface area (Å²) in [5.74, 6) is -3.60. The molecule has 1 saturated heterocycles. The molecule has 14 heteroatoms. The van der Waals surface area contributed by atoms with Crippen LogP contribution in [-0.4, -0.2) is 128 Å². The zero-order chi connectivity index (χ0) is 44.8. The number of nitrogens with zero attached hydrogens (tertiary/aromatic N) is 6. The van der Waals surface area contributed by atoms with Crippen molar-refractivity contribution in [1.82, 2.24) is 14.7 Å². The highest BCUT2D eigenvalue weighted by Crippen LogP contribution is 2.32. The summed E-state index contributed by atoms with van der Waals surface area (Å²) < 4.78 is 17.8. The molecule has 0 saturated carbocycles. The number of hydrogen-bond acceptors (Lipinski definition) is 10. The predicted molar refractivity (Wildman–Crippen MR) is 229 cm³/mol. The summed E-state index contributed by atoms with van der Waals surface area (Å²) in [6.07, 6.45) is 0.848. The first-order valence-corrected chi connectivity index (χ1v) is 21.3. The third-order valence-electron chi connectivity index (χ3n) is 11.9. The van der Waals surface area contributed by atoms with Crippen molar-refractivity contribution in [3.63, 3.8) is 0 Å².